The van der Waals surface area contributed by atoms with Crippen molar-refractivity contribution < 1.29 is 23.1 Å². The molecule has 0 aliphatic carbocycles. The van der Waals surface area contributed by atoms with Gasteiger partial charge in [0.1, 0.15) is 0 Å². The van der Waals surface area contributed by atoms with E-state index in [1.165, 1.54) is 12.3 Å². The van der Waals surface area contributed by atoms with E-state index in [2.05, 4.69) is 10.3 Å². The third-order valence-electron chi connectivity index (χ3n) is 1.90. The Morgan fingerprint density at radius 1 is 1.65 bits per heavy atom. The van der Waals surface area contributed by atoms with Crippen molar-refractivity contribution in [3.05, 3.63) is 16.1 Å². The van der Waals surface area contributed by atoms with E-state index < -0.39 is 24.6 Å². The number of rotatable bonds is 5. The lowest BCUT2D eigenvalue weighted by Gasteiger charge is -2.14. The van der Waals surface area contributed by atoms with Gasteiger partial charge in [-0.3, -0.25) is 0 Å². The van der Waals surface area contributed by atoms with Crippen LogP contribution >= 0.6 is 11.3 Å². The minimum absolute atomic E-state index is 0.0646. The second kappa shape index (κ2) is 5.46. The molecule has 0 saturated carbocycles. The SMILES string of the molecule is CC(CC(F)(F)F)NCc1csc(C(=O)O)n1. The number of alkyl halides is 3. The first-order valence-electron chi connectivity index (χ1n) is 4.76. The average Bonchev–Trinajstić information content (AvgIpc) is 2.60. The van der Waals surface area contributed by atoms with E-state index in [-0.39, 0.29) is 11.6 Å². The van der Waals surface area contributed by atoms with Crippen molar-refractivity contribution in [2.24, 2.45) is 0 Å². The first kappa shape index (κ1) is 13.9. The summed E-state index contributed by atoms with van der Waals surface area (Å²) < 4.78 is 36.0. The normalized spacial score (nSPS) is 13.6. The van der Waals surface area contributed by atoms with Crippen molar-refractivity contribution in [2.45, 2.75) is 32.1 Å². The van der Waals surface area contributed by atoms with E-state index in [0.29, 0.717) is 5.69 Å². The van der Waals surface area contributed by atoms with E-state index in [4.69, 9.17) is 5.11 Å². The van der Waals surface area contributed by atoms with Crippen LogP contribution in [0, 0.1) is 0 Å². The lowest BCUT2D eigenvalue weighted by molar-refractivity contribution is -0.139. The first-order chi connectivity index (χ1) is 7.78. The van der Waals surface area contributed by atoms with Crippen LogP contribution in [0.15, 0.2) is 5.38 Å². The third-order valence-corrected chi connectivity index (χ3v) is 2.78. The second-order valence-corrected chi connectivity index (χ2v) is 4.41. The summed E-state index contributed by atoms with van der Waals surface area (Å²) in [7, 11) is 0. The van der Waals surface area contributed by atoms with Crippen LogP contribution in [-0.2, 0) is 6.54 Å². The molecule has 1 heterocycles. The quantitative estimate of drug-likeness (QED) is 0.860. The largest absolute Gasteiger partial charge is 0.476 e. The highest BCUT2D eigenvalue weighted by atomic mass is 32.1. The molecule has 1 rings (SSSR count). The summed E-state index contributed by atoms with van der Waals surface area (Å²) in [6.45, 7) is 1.54. The molecule has 1 aromatic heterocycles. The van der Waals surface area contributed by atoms with Gasteiger partial charge < -0.3 is 10.4 Å². The molecular weight excluding hydrogens is 257 g/mol. The van der Waals surface area contributed by atoms with Crippen molar-refractivity contribution in [3.8, 4) is 0 Å². The molecule has 1 aromatic rings. The van der Waals surface area contributed by atoms with Crippen LogP contribution in [0.4, 0.5) is 13.2 Å². The molecule has 1 unspecified atom stereocenters. The van der Waals surface area contributed by atoms with Gasteiger partial charge in [-0.25, -0.2) is 9.78 Å². The van der Waals surface area contributed by atoms with Gasteiger partial charge >= 0.3 is 12.1 Å². The second-order valence-electron chi connectivity index (χ2n) is 3.55. The summed E-state index contributed by atoms with van der Waals surface area (Å²) in [4.78, 5) is 14.3. The summed E-state index contributed by atoms with van der Waals surface area (Å²) in [6.07, 6.45) is -5.14. The Morgan fingerprint density at radius 3 is 2.76 bits per heavy atom. The number of carboxylic acids is 1. The Kier molecular flexibility index (Phi) is 4.47. The van der Waals surface area contributed by atoms with Gasteiger partial charge in [-0.15, -0.1) is 11.3 Å². The number of carbonyl (C=O) groups is 1. The van der Waals surface area contributed by atoms with Crippen LogP contribution in [0.5, 0.6) is 0 Å². The summed E-state index contributed by atoms with van der Waals surface area (Å²) >= 11 is 0.950. The maximum absolute atomic E-state index is 12.0. The predicted octanol–water partition coefficient (Wildman–Crippen LogP) is 2.27. The van der Waals surface area contributed by atoms with E-state index in [1.54, 1.807) is 0 Å². The van der Waals surface area contributed by atoms with Crippen LogP contribution in [0.25, 0.3) is 0 Å². The number of hydrogen-bond acceptors (Lipinski definition) is 4. The highest BCUT2D eigenvalue weighted by Crippen LogP contribution is 2.21. The first-order valence-corrected chi connectivity index (χ1v) is 5.63. The number of carboxylic acid groups (broad SMARTS) is 1. The Labute approximate surface area is 99.5 Å². The molecule has 0 radical (unpaired) electrons. The van der Waals surface area contributed by atoms with Crippen molar-refractivity contribution in [1.82, 2.24) is 10.3 Å². The van der Waals surface area contributed by atoms with Crippen molar-refractivity contribution >= 4 is 17.3 Å². The highest BCUT2D eigenvalue weighted by molar-refractivity contribution is 7.11. The minimum atomic E-state index is -4.21. The molecule has 4 nitrogen and oxygen atoms in total. The lowest BCUT2D eigenvalue weighted by Crippen LogP contribution is -2.30. The zero-order valence-electron chi connectivity index (χ0n) is 8.91. The fraction of sp³-hybridized carbons (Fsp3) is 0.556. The number of hydrogen-bond donors (Lipinski definition) is 2. The molecule has 17 heavy (non-hydrogen) atoms. The summed E-state index contributed by atoms with van der Waals surface area (Å²) in [5, 5.41) is 12.7. The summed E-state index contributed by atoms with van der Waals surface area (Å²) in [5.74, 6) is -1.13. The third kappa shape index (κ3) is 5.14. The fourth-order valence-corrected chi connectivity index (χ4v) is 1.84. The molecule has 8 heteroatoms. The van der Waals surface area contributed by atoms with E-state index in [0.717, 1.165) is 11.3 Å². The number of nitrogens with zero attached hydrogens (tertiary/aromatic N) is 1. The minimum Gasteiger partial charge on any atom is -0.476 e. The van der Waals surface area contributed by atoms with Gasteiger partial charge in [-0.05, 0) is 6.92 Å². The Morgan fingerprint density at radius 2 is 2.29 bits per heavy atom. The predicted molar refractivity (Wildman–Crippen MR) is 56.0 cm³/mol. The van der Waals surface area contributed by atoms with E-state index in [9.17, 15) is 18.0 Å². The molecule has 0 aliphatic heterocycles. The van der Waals surface area contributed by atoms with Crippen molar-refractivity contribution in [1.29, 1.82) is 0 Å². The molecule has 0 bridgehead atoms. The van der Waals surface area contributed by atoms with Crippen molar-refractivity contribution in [3.63, 3.8) is 0 Å². The zero-order chi connectivity index (χ0) is 13.1. The van der Waals surface area contributed by atoms with Crippen LogP contribution in [0.1, 0.15) is 28.8 Å². The Bertz CT molecular complexity index is 392. The molecular formula is C9H11F3N2O2S. The summed E-state index contributed by atoms with van der Waals surface area (Å²) in [6, 6.07) is -0.732. The molecule has 0 spiro atoms. The molecule has 0 fully saturated rings. The number of aromatic carboxylic acids is 1. The van der Waals surface area contributed by atoms with Crippen LogP contribution in [-0.4, -0.2) is 28.3 Å². The van der Waals surface area contributed by atoms with Crippen LogP contribution in [0.3, 0.4) is 0 Å². The van der Waals surface area contributed by atoms with Crippen LogP contribution < -0.4 is 5.32 Å². The van der Waals surface area contributed by atoms with Gasteiger partial charge in [-0.2, -0.15) is 13.2 Å². The fourth-order valence-electron chi connectivity index (χ4n) is 1.18. The Hall–Kier alpha value is -1.15. The maximum atomic E-state index is 12.0. The Balaban J connectivity index is 2.42. The monoisotopic (exact) mass is 268 g/mol. The van der Waals surface area contributed by atoms with Gasteiger partial charge in [0, 0.05) is 18.0 Å². The number of thiazole rings is 1. The highest BCUT2D eigenvalue weighted by Gasteiger charge is 2.29. The molecule has 0 amide bonds. The zero-order valence-corrected chi connectivity index (χ0v) is 9.73. The number of nitrogens with one attached hydrogen (secondary N) is 1. The average molecular weight is 268 g/mol. The van der Waals surface area contributed by atoms with Gasteiger partial charge in [0.05, 0.1) is 12.1 Å². The van der Waals surface area contributed by atoms with Gasteiger partial charge in [0.25, 0.3) is 0 Å². The van der Waals surface area contributed by atoms with Gasteiger partial charge in [-0.1, -0.05) is 0 Å². The molecule has 2 N–H and O–H groups in total. The molecule has 0 aromatic carbocycles. The lowest BCUT2D eigenvalue weighted by atomic mass is 10.2. The summed E-state index contributed by atoms with van der Waals surface area (Å²) in [5.41, 5.74) is 0.432. The van der Waals surface area contributed by atoms with Crippen molar-refractivity contribution in [2.75, 3.05) is 0 Å². The smallest absolute Gasteiger partial charge is 0.390 e. The van der Waals surface area contributed by atoms with Gasteiger partial charge in [0.2, 0.25) is 5.01 Å². The molecule has 1 atom stereocenters. The topological polar surface area (TPSA) is 62.2 Å². The van der Waals surface area contributed by atoms with E-state index >= 15 is 0 Å². The van der Waals surface area contributed by atoms with Crippen LogP contribution in [0.2, 0.25) is 0 Å². The maximum Gasteiger partial charge on any atom is 0.390 e. The standard InChI is InChI=1S/C9H11F3N2O2S/c1-5(2-9(10,11)12)13-3-6-4-17-7(14-6)8(15)16/h4-5,13H,2-3H2,1H3,(H,15,16). The number of aromatic nitrogens is 1. The molecule has 96 valence electrons. The van der Waals surface area contributed by atoms with E-state index in [1.807, 2.05) is 0 Å². The van der Waals surface area contributed by atoms with Gasteiger partial charge in [0.15, 0.2) is 0 Å². The molecule has 0 aliphatic rings. The molecule has 0 saturated heterocycles. The number of halogens is 3.